The number of carboxylic acid groups (broad SMARTS) is 1. The van der Waals surface area contributed by atoms with E-state index in [1.54, 1.807) is 6.07 Å². The molecular weight excluding hydrogens is 307 g/mol. The normalized spacial score (nSPS) is 18.8. The summed E-state index contributed by atoms with van der Waals surface area (Å²) >= 11 is 3.30. The summed E-state index contributed by atoms with van der Waals surface area (Å²) in [5.74, 6) is -0.980. The topological polar surface area (TPSA) is 55.8 Å². The molecule has 96 valence electrons. The van der Waals surface area contributed by atoms with Gasteiger partial charge in [0.1, 0.15) is 0 Å². The average molecular weight is 317 g/mol. The molecule has 0 atom stereocenters. The van der Waals surface area contributed by atoms with Crippen molar-refractivity contribution in [1.82, 2.24) is 0 Å². The van der Waals surface area contributed by atoms with Crippen LogP contribution in [0, 0.1) is 5.82 Å². The molecule has 0 unspecified atom stereocenters. The first-order valence-corrected chi connectivity index (χ1v) is 6.33. The Bertz CT molecular complexity index is 539. The van der Waals surface area contributed by atoms with Crippen LogP contribution in [0.3, 0.4) is 0 Å². The summed E-state index contributed by atoms with van der Waals surface area (Å²) < 4.78 is 25.1. The quantitative estimate of drug-likeness (QED) is 0.931. The number of hydrogen-bond donors (Lipinski definition) is 1. The Morgan fingerprint density at radius 1 is 1.50 bits per heavy atom. The molecule has 6 heteroatoms. The molecule has 4 nitrogen and oxygen atoms in total. The van der Waals surface area contributed by atoms with Crippen LogP contribution in [-0.2, 0) is 10.2 Å². The number of halogens is 2. The fraction of sp³-hybridized carbons (Fsp3) is 0.417. The lowest BCUT2D eigenvalue weighted by molar-refractivity contribution is -0.137. The van der Waals surface area contributed by atoms with Crippen molar-refractivity contribution in [1.29, 1.82) is 0 Å². The summed E-state index contributed by atoms with van der Waals surface area (Å²) in [6, 6.07) is 1.64. The Morgan fingerprint density at radius 3 is 2.83 bits per heavy atom. The number of ether oxygens (including phenoxy) is 2. The lowest BCUT2D eigenvalue weighted by atomic mass is 9.91. The molecule has 1 saturated carbocycles. The van der Waals surface area contributed by atoms with E-state index in [0.717, 1.165) is 0 Å². The molecular formula is C12H10BrFO4. The van der Waals surface area contributed by atoms with Crippen molar-refractivity contribution in [2.45, 2.75) is 24.7 Å². The monoisotopic (exact) mass is 316 g/mol. The summed E-state index contributed by atoms with van der Waals surface area (Å²) in [5.41, 5.74) is -0.204. The van der Waals surface area contributed by atoms with Crippen molar-refractivity contribution in [3.8, 4) is 11.5 Å². The molecule has 3 rings (SSSR count). The minimum absolute atomic E-state index is 0.00588. The summed E-state index contributed by atoms with van der Waals surface area (Å²) in [4.78, 5) is 10.9. The highest BCUT2D eigenvalue weighted by Gasteiger charge is 2.50. The number of aliphatic carboxylic acids is 1. The van der Waals surface area contributed by atoms with E-state index in [9.17, 15) is 9.18 Å². The number of carbonyl (C=O) groups is 1. The van der Waals surface area contributed by atoms with E-state index in [1.807, 2.05) is 0 Å². The van der Waals surface area contributed by atoms with Crippen molar-refractivity contribution in [2.24, 2.45) is 0 Å². The highest BCUT2D eigenvalue weighted by atomic mass is 79.9. The molecule has 18 heavy (non-hydrogen) atoms. The van der Waals surface area contributed by atoms with Crippen LogP contribution in [0.15, 0.2) is 10.5 Å². The smallest absolute Gasteiger partial charge is 0.304 e. The molecule has 1 fully saturated rings. The molecule has 0 bridgehead atoms. The van der Waals surface area contributed by atoms with Gasteiger partial charge in [0.25, 0.3) is 0 Å². The van der Waals surface area contributed by atoms with Crippen molar-refractivity contribution in [3.63, 3.8) is 0 Å². The predicted molar refractivity (Wildman–Crippen MR) is 63.4 cm³/mol. The van der Waals surface area contributed by atoms with E-state index in [1.165, 1.54) is 0 Å². The molecule has 0 saturated heterocycles. The van der Waals surface area contributed by atoms with Crippen molar-refractivity contribution >= 4 is 21.9 Å². The highest BCUT2D eigenvalue weighted by Crippen LogP contribution is 2.56. The molecule has 1 aromatic rings. The number of fused-ring (bicyclic) bond motifs is 1. The molecule has 1 aliphatic heterocycles. The van der Waals surface area contributed by atoms with E-state index in [-0.39, 0.29) is 19.0 Å². The molecule has 0 spiro atoms. The van der Waals surface area contributed by atoms with Crippen LogP contribution in [-0.4, -0.2) is 17.9 Å². The highest BCUT2D eigenvalue weighted by molar-refractivity contribution is 9.10. The van der Waals surface area contributed by atoms with E-state index < -0.39 is 17.2 Å². The zero-order valence-corrected chi connectivity index (χ0v) is 10.9. The van der Waals surface area contributed by atoms with Crippen molar-refractivity contribution in [2.75, 3.05) is 6.79 Å². The molecule has 0 aromatic heterocycles. The van der Waals surface area contributed by atoms with Gasteiger partial charge >= 0.3 is 5.97 Å². The van der Waals surface area contributed by atoms with E-state index in [4.69, 9.17) is 14.6 Å². The Labute approximate surface area is 111 Å². The predicted octanol–water partition coefficient (Wildman–Crippen LogP) is 2.82. The van der Waals surface area contributed by atoms with Gasteiger partial charge in [0, 0.05) is 15.5 Å². The second kappa shape index (κ2) is 3.85. The molecule has 0 radical (unpaired) electrons. The van der Waals surface area contributed by atoms with Gasteiger partial charge in [0.15, 0.2) is 11.6 Å². The van der Waals surface area contributed by atoms with Crippen LogP contribution >= 0.6 is 15.9 Å². The van der Waals surface area contributed by atoms with Crippen LogP contribution in [0.2, 0.25) is 0 Å². The van der Waals surface area contributed by atoms with E-state index in [2.05, 4.69) is 15.9 Å². The molecule has 2 aliphatic rings. The second-order valence-electron chi connectivity index (χ2n) is 4.63. The zero-order valence-electron chi connectivity index (χ0n) is 9.33. The minimum atomic E-state index is -0.920. The molecule has 1 aromatic carbocycles. The third-order valence-corrected chi connectivity index (χ3v) is 4.06. The lowest BCUT2D eigenvalue weighted by Crippen LogP contribution is -2.15. The first kappa shape index (κ1) is 11.8. The first-order chi connectivity index (χ1) is 8.53. The lowest BCUT2D eigenvalue weighted by Gasteiger charge is -2.17. The van der Waals surface area contributed by atoms with Crippen LogP contribution in [0.25, 0.3) is 0 Å². The standard InChI is InChI=1S/C12H10BrFO4/c13-6-3-7-11(18-5-17-7)10(14)9(6)12(1-2-12)4-8(15)16/h3H,1-2,4-5H2,(H,15,16). The Kier molecular flexibility index (Phi) is 2.52. The van der Waals surface area contributed by atoms with Crippen LogP contribution in [0.1, 0.15) is 24.8 Å². The Morgan fingerprint density at radius 2 is 2.22 bits per heavy atom. The summed E-state index contributed by atoms with van der Waals surface area (Å²) in [5, 5.41) is 8.93. The van der Waals surface area contributed by atoms with Gasteiger partial charge in [-0.15, -0.1) is 0 Å². The van der Waals surface area contributed by atoms with Gasteiger partial charge in [0.05, 0.1) is 6.42 Å². The largest absolute Gasteiger partial charge is 0.481 e. The maximum absolute atomic E-state index is 14.4. The van der Waals surface area contributed by atoms with Crippen molar-refractivity contribution in [3.05, 3.63) is 21.9 Å². The van der Waals surface area contributed by atoms with Gasteiger partial charge in [-0.1, -0.05) is 15.9 Å². The molecule has 1 heterocycles. The maximum atomic E-state index is 14.4. The van der Waals surface area contributed by atoms with Gasteiger partial charge in [-0.2, -0.15) is 0 Å². The van der Waals surface area contributed by atoms with Gasteiger partial charge in [-0.05, 0) is 18.9 Å². The molecule has 1 N–H and O–H groups in total. The number of hydrogen-bond acceptors (Lipinski definition) is 3. The first-order valence-electron chi connectivity index (χ1n) is 5.53. The summed E-state index contributed by atoms with van der Waals surface area (Å²) in [6.07, 6.45) is 1.28. The summed E-state index contributed by atoms with van der Waals surface area (Å²) in [7, 11) is 0. The van der Waals surface area contributed by atoms with Gasteiger partial charge in [0.2, 0.25) is 12.5 Å². The zero-order chi connectivity index (χ0) is 12.9. The van der Waals surface area contributed by atoms with E-state index in [0.29, 0.717) is 28.6 Å². The number of benzene rings is 1. The fourth-order valence-corrected chi connectivity index (χ4v) is 3.22. The fourth-order valence-electron chi connectivity index (χ4n) is 2.41. The van der Waals surface area contributed by atoms with Gasteiger partial charge in [-0.25, -0.2) is 4.39 Å². The average Bonchev–Trinajstić information content (AvgIpc) is 2.87. The summed E-state index contributed by atoms with van der Waals surface area (Å²) in [6.45, 7) is -0.00588. The SMILES string of the molecule is O=C(O)CC1(c2c(Br)cc3c(c2F)OCO3)CC1. The van der Waals surface area contributed by atoms with E-state index >= 15 is 0 Å². The maximum Gasteiger partial charge on any atom is 0.304 e. The van der Waals surface area contributed by atoms with Gasteiger partial charge in [-0.3, -0.25) is 4.79 Å². The van der Waals surface area contributed by atoms with Crippen LogP contribution < -0.4 is 9.47 Å². The van der Waals surface area contributed by atoms with Crippen molar-refractivity contribution < 1.29 is 23.8 Å². The minimum Gasteiger partial charge on any atom is -0.481 e. The number of carboxylic acids is 1. The second-order valence-corrected chi connectivity index (χ2v) is 5.49. The number of rotatable bonds is 3. The van der Waals surface area contributed by atoms with Crippen LogP contribution in [0.5, 0.6) is 11.5 Å². The molecule has 1 aliphatic carbocycles. The Balaban J connectivity index is 2.10. The Hall–Kier alpha value is -1.30. The third kappa shape index (κ3) is 1.67. The third-order valence-electron chi connectivity index (χ3n) is 3.43. The molecule has 0 amide bonds. The van der Waals surface area contributed by atoms with Gasteiger partial charge < -0.3 is 14.6 Å². The van der Waals surface area contributed by atoms with Crippen LogP contribution in [0.4, 0.5) is 4.39 Å².